The van der Waals surface area contributed by atoms with Crippen molar-refractivity contribution in [2.75, 3.05) is 12.4 Å². The number of nitrogens with one attached hydrogen (secondary N) is 1. The Morgan fingerprint density at radius 2 is 1.67 bits per heavy atom. The summed E-state index contributed by atoms with van der Waals surface area (Å²) < 4.78 is 9.86. The molecule has 2 aromatic carbocycles. The maximum absolute atomic E-state index is 12.5. The standard InChI is InChI=1S/C24H27NO5/c1-15(2)20-8-6-7-16(3)22(20)25-23(27)17(4)30-21(26)14-11-18-9-12-19(13-10-18)24(28)29-5/h6-15,17H,1-5H3,(H,25,27)/b14-11+/t17-/m1/s1. The lowest BCUT2D eigenvalue weighted by Crippen LogP contribution is -2.30. The summed E-state index contributed by atoms with van der Waals surface area (Å²) in [6, 6.07) is 12.4. The number of rotatable bonds is 7. The Morgan fingerprint density at radius 1 is 1.00 bits per heavy atom. The lowest BCUT2D eigenvalue weighted by molar-refractivity contribution is -0.148. The second kappa shape index (κ2) is 10.4. The Labute approximate surface area is 176 Å². The number of para-hydroxylation sites is 1. The minimum Gasteiger partial charge on any atom is -0.465 e. The molecule has 158 valence electrons. The number of carbonyl (C=O) groups excluding carboxylic acids is 3. The number of amides is 1. The van der Waals surface area contributed by atoms with Gasteiger partial charge in [0.1, 0.15) is 0 Å². The second-order valence-corrected chi connectivity index (χ2v) is 7.21. The van der Waals surface area contributed by atoms with E-state index in [4.69, 9.17) is 4.74 Å². The van der Waals surface area contributed by atoms with E-state index in [0.29, 0.717) is 11.1 Å². The monoisotopic (exact) mass is 409 g/mol. The molecule has 0 bridgehead atoms. The molecule has 0 radical (unpaired) electrons. The molecular weight excluding hydrogens is 382 g/mol. The molecule has 0 saturated heterocycles. The average Bonchev–Trinajstić information content (AvgIpc) is 2.73. The highest BCUT2D eigenvalue weighted by Gasteiger charge is 2.19. The van der Waals surface area contributed by atoms with Crippen molar-refractivity contribution in [3.63, 3.8) is 0 Å². The third-order valence-electron chi connectivity index (χ3n) is 4.58. The van der Waals surface area contributed by atoms with Crippen LogP contribution in [0.25, 0.3) is 6.08 Å². The Hall–Kier alpha value is -3.41. The average molecular weight is 409 g/mol. The Kier molecular flexibility index (Phi) is 7.92. The number of aryl methyl sites for hydroxylation is 1. The van der Waals surface area contributed by atoms with E-state index in [2.05, 4.69) is 23.9 Å². The van der Waals surface area contributed by atoms with Crippen LogP contribution in [0.15, 0.2) is 48.5 Å². The van der Waals surface area contributed by atoms with E-state index in [0.717, 1.165) is 16.8 Å². The number of esters is 2. The van der Waals surface area contributed by atoms with Crippen LogP contribution in [-0.4, -0.2) is 31.1 Å². The topological polar surface area (TPSA) is 81.7 Å². The molecule has 0 aliphatic heterocycles. The maximum atomic E-state index is 12.5. The molecule has 0 fully saturated rings. The van der Waals surface area contributed by atoms with E-state index < -0.39 is 23.9 Å². The fourth-order valence-corrected chi connectivity index (χ4v) is 2.85. The van der Waals surface area contributed by atoms with Crippen LogP contribution in [0.3, 0.4) is 0 Å². The van der Waals surface area contributed by atoms with Crippen LogP contribution in [0.5, 0.6) is 0 Å². The number of anilines is 1. The van der Waals surface area contributed by atoms with Gasteiger partial charge < -0.3 is 14.8 Å². The van der Waals surface area contributed by atoms with Crippen molar-refractivity contribution in [2.24, 2.45) is 0 Å². The van der Waals surface area contributed by atoms with Gasteiger partial charge in [0.25, 0.3) is 5.91 Å². The lowest BCUT2D eigenvalue weighted by atomic mass is 9.98. The summed E-state index contributed by atoms with van der Waals surface area (Å²) in [5.74, 6) is -1.22. The third kappa shape index (κ3) is 6.04. The lowest BCUT2D eigenvalue weighted by Gasteiger charge is -2.18. The molecule has 0 heterocycles. The van der Waals surface area contributed by atoms with Crippen LogP contribution in [-0.2, 0) is 19.1 Å². The van der Waals surface area contributed by atoms with E-state index in [9.17, 15) is 14.4 Å². The zero-order valence-electron chi connectivity index (χ0n) is 17.9. The van der Waals surface area contributed by atoms with Gasteiger partial charge in [-0.25, -0.2) is 9.59 Å². The van der Waals surface area contributed by atoms with Gasteiger partial charge in [-0.05, 0) is 54.7 Å². The van der Waals surface area contributed by atoms with Crippen molar-refractivity contribution in [3.05, 3.63) is 70.8 Å². The highest BCUT2D eigenvalue weighted by atomic mass is 16.5. The zero-order chi connectivity index (χ0) is 22.3. The van der Waals surface area contributed by atoms with Crippen LogP contribution in [0.1, 0.15) is 53.7 Å². The van der Waals surface area contributed by atoms with Gasteiger partial charge in [-0.15, -0.1) is 0 Å². The summed E-state index contributed by atoms with van der Waals surface area (Å²) in [6.07, 6.45) is 1.83. The highest BCUT2D eigenvalue weighted by Crippen LogP contribution is 2.27. The van der Waals surface area contributed by atoms with Gasteiger partial charge in [-0.1, -0.05) is 44.2 Å². The molecule has 1 N–H and O–H groups in total. The molecule has 1 amide bonds. The molecule has 0 aliphatic rings. The van der Waals surface area contributed by atoms with Crippen molar-refractivity contribution >= 4 is 29.6 Å². The van der Waals surface area contributed by atoms with Crippen LogP contribution >= 0.6 is 0 Å². The van der Waals surface area contributed by atoms with Gasteiger partial charge in [0.15, 0.2) is 6.10 Å². The van der Waals surface area contributed by atoms with Crippen molar-refractivity contribution in [2.45, 2.75) is 39.7 Å². The number of hydrogen-bond acceptors (Lipinski definition) is 5. The fourth-order valence-electron chi connectivity index (χ4n) is 2.85. The molecular formula is C24H27NO5. The van der Waals surface area contributed by atoms with E-state index in [1.54, 1.807) is 30.3 Å². The molecule has 1 atom stereocenters. The van der Waals surface area contributed by atoms with Crippen LogP contribution in [0.4, 0.5) is 5.69 Å². The summed E-state index contributed by atoms with van der Waals surface area (Å²) in [4.78, 5) is 36.0. The first-order chi connectivity index (χ1) is 14.2. The Balaban J connectivity index is 1.98. The van der Waals surface area contributed by atoms with E-state index in [1.165, 1.54) is 20.1 Å². The minimum absolute atomic E-state index is 0.242. The van der Waals surface area contributed by atoms with Crippen molar-refractivity contribution < 1.29 is 23.9 Å². The number of ether oxygens (including phenoxy) is 2. The summed E-state index contributed by atoms with van der Waals surface area (Å²) in [5.41, 5.74) is 3.85. The molecule has 2 rings (SSSR count). The quantitative estimate of drug-likeness (QED) is 0.538. The zero-order valence-corrected chi connectivity index (χ0v) is 17.9. The van der Waals surface area contributed by atoms with Gasteiger partial charge in [0.2, 0.25) is 0 Å². The van der Waals surface area contributed by atoms with E-state index in [-0.39, 0.29) is 5.92 Å². The van der Waals surface area contributed by atoms with Gasteiger partial charge in [0, 0.05) is 11.8 Å². The fraction of sp³-hybridized carbons (Fsp3) is 0.292. The number of hydrogen-bond donors (Lipinski definition) is 1. The van der Waals surface area contributed by atoms with E-state index >= 15 is 0 Å². The first-order valence-electron chi connectivity index (χ1n) is 9.70. The largest absolute Gasteiger partial charge is 0.465 e. The van der Waals surface area contributed by atoms with Gasteiger partial charge in [0.05, 0.1) is 12.7 Å². The molecule has 0 saturated carbocycles. The van der Waals surface area contributed by atoms with Crippen molar-refractivity contribution in [3.8, 4) is 0 Å². The van der Waals surface area contributed by atoms with Crippen LogP contribution in [0, 0.1) is 6.92 Å². The number of methoxy groups -OCH3 is 1. The summed E-state index contributed by atoms with van der Waals surface area (Å²) in [5, 5.41) is 2.88. The molecule has 0 aromatic heterocycles. The molecule has 0 aliphatic carbocycles. The molecule has 2 aromatic rings. The van der Waals surface area contributed by atoms with Gasteiger partial charge in [-0.2, -0.15) is 0 Å². The summed E-state index contributed by atoms with van der Waals surface area (Å²) >= 11 is 0. The van der Waals surface area contributed by atoms with Crippen molar-refractivity contribution in [1.82, 2.24) is 0 Å². The van der Waals surface area contributed by atoms with Gasteiger partial charge >= 0.3 is 11.9 Å². The van der Waals surface area contributed by atoms with Crippen LogP contribution < -0.4 is 5.32 Å². The summed E-state index contributed by atoms with van der Waals surface area (Å²) in [7, 11) is 1.31. The number of carbonyl (C=O) groups is 3. The predicted molar refractivity (Wildman–Crippen MR) is 116 cm³/mol. The Morgan fingerprint density at radius 3 is 2.27 bits per heavy atom. The maximum Gasteiger partial charge on any atom is 0.337 e. The predicted octanol–water partition coefficient (Wildman–Crippen LogP) is 4.49. The Bertz CT molecular complexity index is 945. The second-order valence-electron chi connectivity index (χ2n) is 7.21. The van der Waals surface area contributed by atoms with E-state index in [1.807, 2.05) is 25.1 Å². The van der Waals surface area contributed by atoms with Gasteiger partial charge in [-0.3, -0.25) is 4.79 Å². The van der Waals surface area contributed by atoms with Crippen molar-refractivity contribution in [1.29, 1.82) is 0 Å². The summed E-state index contributed by atoms with van der Waals surface area (Å²) in [6.45, 7) is 7.55. The normalized spacial score (nSPS) is 11.9. The smallest absolute Gasteiger partial charge is 0.337 e. The SMILES string of the molecule is COC(=O)c1ccc(/C=C/C(=O)O[C@H](C)C(=O)Nc2c(C)cccc2C(C)C)cc1. The first-order valence-corrected chi connectivity index (χ1v) is 9.70. The number of benzene rings is 2. The molecule has 6 heteroatoms. The minimum atomic E-state index is -0.955. The molecule has 30 heavy (non-hydrogen) atoms. The highest BCUT2D eigenvalue weighted by molar-refractivity contribution is 5.97. The molecule has 0 spiro atoms. The third-order valence-corrected chi connectivity index (χ3v) is 4.58. The van der Waals surface area contributed by atoms with Crippen LogP contribution in [0.2, 0.25) is 0 Å². The first kappa shape index (κ1) is 22.9. The molecule has 0 unspecified atom stereocenters. The molecule has 6 nitrogen and oxygen atoms in total.